The quantitative estimate of drug-likeness (QED) is 0.738. The van der Waals surface area contributed by atoms with Crippen LogP contribution in [0.3, 0.4) is 0 Å². The van der Waals surface area contributed by atoms with Gasteiger partial charge in [-0.25, -0.2) is 0 Å². The van der Waals surface area contributed by atoms with Gasteiger partial charge >= 0.3 is 0 Å². The van der Waals surface area contributed by atoms with E-state index in [1.165, 1.54) is 25.0 Å². The molecule has 0 saturated carbocycles. The molecule has 0 bridgehead atoms. The Morgan fingerprint density at radius 1 is 1.56 bits per heavy atom. The van der Waals surface area contributed by atoms with Gasteiger partial charge in [-0.3, -0.25) is 0 Å². The zero-order chi connectivity index (χ0) is 11.8. The fraction of sp³-hybridized carbons (Fsp3) is 0.909. The van der Waals surface area contributed by atoms with Crippen molar-refractivity contribution in [2.24, 2.45) is 0 Å². The van der Waals surface area contributed by atoms with E-state index in [4.69, 9.17) is 17.0 Å². The smallest absolute Gasteiger partial charge is 0.166 e. The van der Waals surface area contributed by atoms with E-state index in [0.717, 1.165) is 16.9 Å². The predicted octanol–water partition coefficient (Wildman–Crippen LogP) is 1.77. The Bertz CT molecular complexity index is 208. The summed E-state index contributed by atoms with van der Waals surface area (Å²) in [6.07, 6.45) is 4.04. The third-order valence-electron chi connectivity index (χ3n) is 2.56. The van der Waals surface area contributed by atoms with Crippen molar-refractivity contribution in [1.29, 1.82) is 0 Å². The molecule has 1 aliphatic rings. The Kier molecular flexibility index (Phi) is 7.16. The summed E-state index contributed by atoms with van der Waals surface area (Å²) in [5, 5.41) is 7.97. The number of thioether (sulfide) groups is 1. The highest BCUT2D eigenvalue weighted by Crippen LogP contribution is 2.24. The third kappa shape index (κ3) is 5.92. The molecule has 0 spiro atoms. The Balaban J connectivity index is 2.09. The molecule has 0 aromatic heterocycles. The normalized spacial score (nSPS) is 22.5. The largest absolute Gasteiger partial charge is 0.383 e. The Hall–Kier alpha value is 0. The highest BCUT2D eigenvalue weighted by Gasteiger charge is 2.14. The lowest BCUT2D eigenvalue weighted by Gasteiger charge is -2.23. The number of methoxy groups -OCH3 is 1. The molecule has 5 heteroatoms. The molecule has 1 fully saturated rings. The van der Waals surface area contributed by atoms with Gasteiger partial charge in [-0.05, 0) is 37.7 Å². The summed E-state index contributed by atoms with van der Waals surface area (Å²) in [4.78, 5) is 0. The third-order valence-corrected chi connectivity index (χ3v) is 4.22. The van der Waals surface area contributed by atoms with Crippen LogP contribution in [0.4, 0.5) is 0 Å². The first kappa shape index (κ1) is 14.1. The van der Waals surface area contributed by atoms with Crippen LogP contribution in [-0.2, 0) is 4.74 Å². The van der Waals surface area contributed by atoms with Gasteiger partial charge in [0.1, 0.15) is 0 Å². The highest BCUT2D eigenvalue weighted by atomic mass is 32.2. The second kappa shape index (κ2) is 8.14. The number of ether oxygens (including phenoxy) is 1. The van der Waals surface area contributed by atoms with Crippen LogP contribution in [0.1, 0.15) is 26.2 Å². The first-order valence-corrected chi connectivity index (χ1v) is 7.33. The maximum absolute atomic E-state index is 5.23. The lowest BCUT2D eigenvalue weighted by molar-refractivity contribution is 0.179. The number of rotatable bonds is 5. The van der Waals surface area contributed by atoms with E-state index in [2.05, 4.69) is 29.3 Å². The van der Waals surface area contributed by atoms with Crippen LogP contribution in [0.2, 0.25) is 0 Å². The average Bonchev–Trinajstić information content (AvgIpc) is 2.28. The van der Waals surface area contributed by atoms with Crippen LogP contribution in [0.5, 0.6) is 0 Å². The molecule has 94 valence electrons. The molecule has 0 radical (unpaired) electrons. The maximum Gasteiger partial charge on any atom is 0.166 e. The molecule has 0 aromatic carbocycles. The Morgan fingerprint density at radius 2 is 2.38 bits per heavy atom. The van der Waals surface area contributed by atoms with Crippen molar-refractivity contribution in [3.05, 3.63) is 0 Å². The molecule has 0 aliphatic carbocycles. The van der Waals surface area contributed by atoms with Gasteiger partial charge in [-0.2, -0.15) is 11.8 Å². The van der Waals surface area contributed by atoms with Crippen LogP contribution < -0.4 is 10.6 Å². The molecule has 16 heavy (non-hydrogen) atoms. The van der Waals surface area contributed by atoms with Crippen molar-refractivity contribution in [3.63, 3.8) is 0 Å². The van der Waals surface area contributed by atoms with Gasteiger partial charge < -0.3 is 15.4 Å². The molecule has 2 atom stereocenters. The summed E-state index contributed by atoms with van der Waals surface area (Å²) in [5.74, 6) is 1.30. The molecule has 1 heterocycles. The average molecular weight is 262 g/mol. The summed E-state index contributed by atoms with van der Waals surface area (Å²) in [6.45, 7) is 3.73. The minimum Gasteiger partial charge on any atom is -0.383 e. The van der Waals surface area contributed by atoms with E-state index in [-0.39, 0.29) is 6.04 Å². The van der Waals surface area contributed by atoms with Crippen LogP contribution in [0, 0.1) is 0 Å². The van der Waals surface area contributed by atoms with Gasteiger partial charge in [0.15, 0.2) is 5.11 Å². The van der Waals surface area contributed by atoms with Crippen molar-refractivity contribution in [2.45, 2.75) is 37.5 Å². The standard InChI is InChI=1S/C11H22N2OS2/c1-9(8-14-2)13-11(15)12-7-10-5-3-4-6-16-10/h9-10H,3-8H2,1-2H3,(H2,12,13,15). The fourth-order valence-corrected chi connectivity index (χ4v) is 3.26. The van der Waals surface area contributed by atoms with Crippen LogP contribution in [-0.4, -0.2) is 42.4 Å². The molecule has 3 nitrogen and oxygen atoms in total. The first-order valence-electron chi connectivity index (χ1n) is 5.87. The Morgan fingerprint density at radius 3 is 3.00 bits per heavy atom. The summed E-state index contributed by atoms with van der Waals surface area (Å²) < 4.78 is 5.04. The Labute approximate surface area is 108 Å². The molecule has 1 saturated heterocycles. The second-order valence-electron chi connectivity index (χ2n) is 4.20. The van der Waals surface area contributed by atoms with Crippen molar-refractivity contribution in [1.82, 2.24) is 10.6 Å². The predicted molar refractivity (Wildman–Crippen MR) is 75.2 cm³/mol. The summed E-state index contributed by atoms with van der Waals surface area (Å²) >= 11 is 7.29. The number of nitrogens with one attached hydrogen (secondary N) is 2. The monoisotopic (exact) mass is 262 g/mol. The van der Waals surface area contributed by atoms with Gasteiger partial charge in [-0.15, -0.1) is 0 Å². The lowest BCUT2D eigenvalue weighted by atomic mass is 10.2. The minimum atomic E-state index is 0.268. The molecule has 2 unspecified atom stereocenters. The zero-order valence-electron chi connectivity index (χ0n) is 10.1. The van der Waals surface area contributed by atoms with E-state index >= 15 is 0 Å². The van der Waals surface area contributed by atoms with E-state index in [1.807, 2.05) is 0 Å². The summed E-state index contributed by atoms with van der Waals surface area (Å²) in [7, 11) is 1.70. The van der Waals surface area contributed by atoms with Crippen molar-refractivity contribution < 1.29 is 4.74 Å². The summed E-state index contributed by atoms with van der Waals surface area (Å²) in [5.41, 5.74) is 0. The molecular formula is C11H22N2OS2. The molecule has 0 amide bonds. The van der Waals surface area contributed by atoms with Gasteiger partial charge in [0.05, 0.1) is 6.61 Å². The molecular weight excluding hydrogens is 240 g/mol. The van der Waals surface area contributed by atoms with Gasteiger partial charge in [0.2, 0.25) is 0 Å². The van der Waals surface area contributed by atoms with Gasteiger partial charge in [-0.1, -0.05) is 6.42 Å². The summed E-state index contributed by atoms with van der Waals surface area (Å²) in [6, 6.07) is 0.268. The van der Waals surface area contributed by atoms with E-state index in [0.29, 0.717) is 6.61 Å². The van der Waals surface area contributed by atoms with Gasteiger partial charge in [0, 0.05) is 24.9 Å². The molecule has 1 aliphatic heterocycles. The van der Waals surface area contributed by atoms with E-state index < -0.39 is 0 Å². The number of thiocarbonyl (C=S) groups is 1. The van der Waals surface area contributed by atoms with Crippen molar-refractivity contribution in [3.8, 4) is 0 Å². The van der Waals surface area contributed by atoms with Gasteiger partial charge in [0.25, 0.3) is 0 Å². The van der Waals surface area contributed by atoms with Crippen LogP contribution in [0.15, 0.2) is 0 Å². The molecule has 2 N–H and O–H groups in total. The van der Waals surface area contributed by atoms with Crippen molar-refractivity contribution in [2.75, 3.05) is 26.0 Å². The molecule has 0 aromatic rings. The topological polar surface area (TPSA) is 33.3 Å². The highest BCUT2D eigenvalue weighted by molar-refractivity contribution is 7.99. The number of hydrogen-bond acceptors (Lipinski definition) is 3. The van der Waals surface area contributed by atoms with E-state index in [1.54, 1.807) is 7.11 Å². The second-order valence-corrected chi connectivity index (χ2v) is 6.02. The molecule has 1 rings (SSSR count). The minimum absolute atomic E-state index is 0.268. The van der Waals surface area contributed by atoms with Crippen molar-refractivity contribution >= 4 is 29.1 Å². The maximum atomic E-state index is 5.23. The first-order chi connectivity index (χ1) is 7.72. The number of hydrogen-bond donors (Lipinski definition) is 2. The van der Waals surface area contributed by atoms with E-state index in [9.17, 15) is 0 Å². The van der Waals surface area contributed by atoms with Crippen LogP contribution >= 0.6 is 24.0 Å². The fourth-order valence-electron chi connectivity index (χ4n) is 1.74. The van der Waals surface area contributed by atoms with Crippen LogP contribution in [0.25, 0.3) is 0 Å². The zero-order valence-corrected chi connectivity index (χ0v) is 11.8. The lowest BCUT2D eigenvalue weighted by Crippen LogP contribution is -2.44. The SMILES string of the molecule is COCC(C)NC(=S)NCC1CCCCS1.